The largest absolute Gasteiger partial charge is 0.320 e. The van der Waals surface area contributed by atoms with Crippen molar-refractivity contribution in [3.63, 3.8) is 0 Å². The fraction of sp³-hybridized carbons (Fsp3) is 0.250. The maximum Gasteiger partial charge on any atom is 0.0555 e. The summed E-state index contributed by atoms with van der Waals surface area (Å²) >= 11 is 7.62. The van der Waals surface area contributed by atoms with E-state index in [0.717, 1.165) is 23.7 Å². The van der Waals surface area contributed by atoms with Crippen molar-refractivity contribution in [2.24, 2.45) is 5.73 Å². The van der Waals surface area contributed by atoms with E-state index >= 15 is 0 Å². The van der Waals surface area contributed by atoms with Crippen molar-refractivity contribution in [2.75, 3.05) is 13.6 Å². The Morgan fingerprint density at radius 2 is 2.00 bits per heavy atom. The van der Waals surface area contributed by atoms with Crippen molar-refractivity contribution in [3.8, 4) is 11.8 Å². The minimum Gasteiger partial charge on any atom is -0.320 e. The van der Waals surface area contributed by atoms with Gasteiger partial charge in [-0.3, -0.25) is 4.90 Å². The van der Waals surface area contributed by atoms with Crippen molar-refractivity contribution in [1.82, 2.24) is 4.90 Å². The van der Waals surface area contributed by atoms with E-state index in [4.69, 9.17) is 17.3 Å². The number of nitrogens with zero attached hydrogens (tertiary/aromatic N) is 1. The zero-order chi connectivity index (χ0) is 14.4. The molecule has 4 heteroatoms. The van der Waals surface area contributed by atoms with Crippen LogP contribution in [0.2, 0.25) is 5.02 Å². The predicted molar refractivity (Wildman–Crippen MR) is 86.9 cm³/mol. The van der Waals surface area contributed by atoms with Gasteiger partial charge in [0.1, 0.15) is 0 Å². The zero-order valence-electron chi connectivity index (χ0n) is 11.4. The summed E-state index contributed by atoms with van der Waals surface area (Å²) in [5.74, 6) is 5.93. The molecule has 0 amide bonds. The van der Waals surface area contributed by atoms with Gasteiger partial charge in [0.15, 0.2) is 0 Å². The monoisotopic (exact) mass is 304 g/mol. The van der Waals surface area contributed by atoms with Crippen LogP contribution in [0.3, 0.4) is 0 Å². The van der Waals surface area contributed by atoms with Crippen LogP contribution in [-0.4, -0.2) is 18.5 Å². The Kier molecular flexibility index (Phi) is 5.63. The SMILES string of the molecule is CN(Cc1ccc(Cl)cc1)Cc1cc(C#CCN)cs1. The van der Waals surface area contributed by atoms with Crippen LogP contribution < -0.4 is 5.73 Å². The average molecular weight is 305 g/mol. The third kappa shape index (κ3) is 4.66. The highest BCUT2D eigenvalue weighted by molar-refractivity contribution is 7.10. The molecule has 0 saturated heterocycles. The molecule has 0 atom stereocenters. The van der Waals surface area contributed by atoms with E-state index in [1.807, 2.05) is 12.1 Å². The van der Waals surface area contributed by atoms with Crippen molar-refractivity contribution in [3.05, 3.63) is 56.7 Å². The second kappa shape index (κ2) is 7.47. The lowest BCUT2D eigenvalue weighted by Gasteiger charge is -2.15. The molecule has 104 valence electrons. The maximum atomic E-state index is 5.89. The van der Waals surface area contributed by atoms with Crippen LogP contribution in [0.25, 0.3) is 0 Å². The molecule has 1 aromatic carbocycles. The molecular weight excluding hydrogens is 288 g/mol. The van der Waals surface area contributed by atoms with Gasteiger partial charge in [0, 0.05) is 33.9 Å². The lowest BCUT2D eigenvalue weighted by atomic mass is 10.2. The van der Waals surface area contributed by atoms with Gasteiger partial charge in [0.05, 0.1) is 6.54 Å². The first-order valence-electron chi connectivity index (χ1n) is 6.36. The molecule has 20 heavy (non-hydrogen) atoms. The number of thiophene rings is 1. The van der Waals surface area contributed by atoms with E-state index in [2.05, 4.69) is 47.4 Å². The van der Waals surface area contributed by atoms with E-state index in [1.165, 1.54) is 10.4 Å². The lowest BCUT2D eigenvalue weighted by Crippen LogP contribution is -2.16. The molecule has 2 rings (SSSR count). The van der Waals surface area contributed by atoms with Gasteiger partial charge >= 0.3 is 0 Å². The molecule has 0 saturated carbocycles. The Hall–Kier alpha value is -1.31. The van der Waals surface area contributed by atoms with Crippen LogP contribution in [-0.2, 0) is 13.1 Å². The summed E-state index contributed by atoms with van der Waals surface area (Å²) in [6, 6.07) is 10.1. The van der Waals surface area contributed by atoms with E-state index in [9.17, 15) is 0 Å². The molecule has 0 radical (unpaired) electrons. The lowest BCUT2D eigenvalue weighted by molar-refractivity contribution is 0.322. The Bertz CT molecular complexity index is 607. The maximum absolute atomic E-state index is 5.89. The molecular formula is C16H17ClN2S. The van der Waals surface area contributed by atoms with Crippen molar-refractivity contribution in [1.29, 1.82) is 0 Å². The van der Waals surface area contributed by atoms with Gasteiger partial charge in [-0.1, -0.05) is 35.6 Å². The highest BCUT2D eigenvalue weighted by Crippen LogP contribution is 2.17. The fourth-order valence-corrected chi connectivity index (χ4v) is 2.93. The minimum atomic E-state index is 0.404. The second-order valence-corrected chi connectivity index (χ2v) is 6.04. The summed E-state index contributed by atoms with van der Waals surface area (Å²) < 4.78 is 0. The fourth-order valence-electron chi connectivity index (χ4n) is 1.91. The standard InChI is InChI=1S/C16H17ClN2S/c1-19(10-13-4-6-15(17)7-5-13)11-16-9-14(12-20-16)3-2-8-18/h4-7,9,12H,8,10-11,18H2,1H3. The van der Waals surface area contributed by atoms with Gasteiger partial charge in [0.2, 0.25) is 0 Å². The zero-order valence-corrected chi connectivity index (χ0v) is 13.0. The summed E-state index contributed by atoms with van der Waals surface area (Å²) in [6.07, 6.45) is 0. The van der Waals surface area contributed by atoms with Crippen molar-refractivity contribution in [2.45, 2.75) is 13.1 Å². The minimum absolute atomic E-state index is 0.404. The van der Waals surface area contributed by atoms with Crippen LogP contribution in [0.4, 0.5) is 0 Å². The number of halogens is 1. The van der Waals surface area contributed by atoms with E-state index in [1.54, 1.807) is 11.3 Å². The van der Waals surface area contributed by atoms with Crippen LogP contribution in [0.5, 0.6) is 0 Å². The summed E-state index contributed by atoms with van der Waals surface area (Å²) in [7, 11) is 2.11. The predicted octanol–water partition coefficient (Wildman–Crippen LogP) is 3.34. The summed E-state index contributed by atoms with van der Waals surface area (Å²) in [5.41, 5.74) is 7.68. The highest BCUT2D eigenvalue weighted by Gasteiger charge is 2.04. The molecule has 2 aromatic rings. The van der Waals surface area contributed by atoms with Gasteiger partial charge in [0.25, 0.3) is 0 Å². The Morgan fingerprint density at radius 1 is 1.25 bits per heavy atom. The second-order valence-electron chi connectivity index (χ2n) is 4.61. The molecule has 0 aliphatic carbocycles. The molecule has 0 aliphatic rings. The smallest absolute Gasteiger partial charge is 0.0555 e. The van der Waals surface area contributed by atoms with Gasteiger partial charge in [-0.25, -0.2) is 0 Å². The number of benzene rings is 1. The van der Waals surface area contributed by atoms with Gasteiger partial charge in [-0.15, -0.1) is 11.3 Å². The first kappa shape index (κ1) is 15.1. The third-order valence-electron chi connectivity index (χ3n) is 2.78. The van der Waals surface area contributed by atoms with E-state index in [0.29, 0.717) is 6.54 Å². The van der Waals surface area contributed by atoms with Crippen molar-refractivity contribution < 1.29 is 0 Å². The van der Waals surface area contributed by atoms with Crippen LogP contribution in [0.1, 0.15) is 16.0 Å². The molecule has 0 fully saturated rings. The normalized spacial score (nSPS) is 10.4. The quantitative estimate of drug-likeness (QED) is 0.878. The third-order valence-corrected chi connectivity index (χ3v) is 3.95. The number of hydrogen-bond acceptors (Lipinski definition) is 3. The molecule has 1 aromatic heterocycles. The molecule has 0 unspecified atom stereocenters. The highest BCUT2D eigenvalue weighted by atomic mass is 35.5. The topological polar surface area (TPSA) is 29.3 Å². The Balaban J connectivity index is 1.92. The molecule has 0 bridgehead atoms. The van der Waals surface area contributed by atoms with Crippen molar-refractivity contribution >= 4 is 22.9 Å². The average Bonchev–Trinajstić information content (AvgIpc) is 2.86. The van der Waals surface area contributed by atoms with Crippen LogP contribution >= 0.6 is 22.9 Å². The summed E-state index contributed by atoms with van der Waals surface area (Å²) in [4.78, 5) is 3.58. The van der Waals surface area contributed by atoms with Crippen LogP contribution in [0.15, 0.2) is 35.7 Å². The molecule has 1 heterocycles. The molecule has 0 spiro atoms. The van der Waals surface area contributed by atoms with Crippen LogP contribution in [0, 0.1) is 11.8 Å². The number of hydrogen-bond donors (Lipinski definition) is 1. The first-order valence-corrected chi connectivity index (χ1v) is 7.62. The van der Waals surface area contributed by atoms with Gasteiger partial charge in [-0.2, -0.15) is 0 Å². The van der Waals surface area contributed by atoms with Gasteiger partial charge in [-0.05, 0) is 30.8 Å². The summed E-state index contributed by atoms with van der Waals surface area (Å²) in [5, 5.41) is 2.85. The van der Waals surface area contributed by atoms with E-state index in [-0.39, 0.29) is 0 Å². The molecule has 0 aliphatic heterocycles. The number of nitrogens with two attached hydrogens (primary N) is 1. The Morgan fingerprint density at radius 3 is 2.70 bits per heavy atom. The number of rotatable bonds is 4. The summed E-state index contributed by atoms with van der Waals surface area (Å²) in [6.45, 7) is 2.22. The molecule has 2 N–H and O–H groups in total. The first-order chi connectivity index (χ1) is 9.67. The molecule has 2 nitrogen and oxygen atoms in total. The van der Waals surface area contributed by atoms with Gasteiger partial charge < -0.3 is 5.73 Å². The van der Waals surface area contributed by atoms with E-state index < -0.39 is 0 Å². The Labute approximate surface area is 129 Å².